The number of hydrogen-bond acceptors (Lipinski definition) is 4. The molecule has 0 aliphatic heterocycles. The molecule has 1 aliphatic carbocycles. The third-order valence-corrected chi connectivity index (χ3v) is 4.84. The van der Waals surface area contributed by atoms with E-state index < -0.39 is 0 Å². The van der Waals surface area contributed by atoms with E-state index in [2.05, 4.69) is 36.3 Å². The lowest BCUT2D eigenvalue weighted by molar-refractivity contribution is -0.101. The highest BCUT2D eigenvalue weighted by Crippen LogP contribution is 2.40. The predicted molar refractivity (Wildman–Crippen MR) is 76.8 cm³/mol. The van der Waals surface area contributed by atoms with Gasteiger partial charge >= 0.3 is 0 Å². The fraction of sp³-hybridized carbons (Fsp3) is 0.714. The maximum Gasteiger partial charge on any atom is 0.0611 e. The van der Waals surface area contributed by atoms with Crippen molar-refractivity contribution in [2.75, 3.05) is 19.7 Å². The van der Waals surface area contributed by atoms with E-state index in [1.807, 2.05) is 11.3 Å². The van der Waals surface area contributed by atoms with Gasteiger partial charge in [-0.15, -0.1) is 11.3 Å². The van der Waals surface area contributed by atoms with Gasteiger partial charge in [-0.25, -0.2) is 0 Å². The molecule has 2 N–H and O–H groups in total. The molecule has 0 atom stereocenters. The first-order valence-corrected chi connectivity index (χ1v) is 7.71. The number of ether oxygens (including phenoxy) is 1. The Balaban J connectivity index is 1.97. The number of thiophene rings is 1. The fourth-order valence-corrected chi connectivity index (χ4v) is 3.62. The summed E-state index contributed by atoms with van der Waals surface area (Å²) >= 11 is 1.83. The van der Waals surface area contributed by atoms with Crippen LogP contribution in [0.15, 0.2) is 17.5 Å². The summed E-state index contributed by atoms with van der Waals surface area (Å²) in [5, 5.41) is 2.14. The summed E-state index contributed by atoms with van der Waals surface area (Å²) in [6.07, 6.45) is 2.57. The number of nitrogens with two attached hydrogens (primary N) is 1. The second-order valence-corrected chi connectivity index (χ2v) is 6.04. The Bertz CT molecular complexity index is 347. The van der Waals surface area contributed by atoms with Crippen LogP contribution in [-0.2, 0) is 11.3 Å². The molecular formula is C14H24N2OS. The number of nitrogens with zero attached hydrogens (tertiary/aromatic N) is 1. The van der Waals surface area contributed by atoms with Gasteiger partial charge in [0.15, 0.2) is 0 Å². The van der Waals surface area contributed by atoms with Gasteiger partial charge in [0.25, 0.3) is 0 Å². The summed E-state index contributed by atoms with van der Waals surface area (Å²) < 4.78 is 5.69. The van der Waals surface area contributed by atoms with E-state index in [1.165, 1.54) is 4.88 Å². The molecular weight excluding hydrogens is 244 g/mol. The minimum absolute atomic E-state index is 0.165. The average molecular weight is 268 g/mol. The van der Waals surface area contributed by atoms with E-state index >= 15 is 0 Å². The van der Waals surface area contributed by atoms with Crippen molar-refractivity contribution in [2.24, 2.45) is 5.73 Å². The smallest absolute Gasteiger partial charge is 0.0611 e. The SMILES string of the molecule is CCOC1CC(CN)(N(CC)Cc2cccs2)C1. The first-order chi connectivity index (χ1) is 8.74. The van der Waals surface area contributed by atoms with Crippen molar-refractivity contribution >= 4 is 11.3 Å². The van der Waals surface area contributed by atoms with Crippen LogP contribution in [0.5, 0.6) is 0 Å². The molecule has 1 saturated carbocycles. The Morgan fingerprint density at radius 1 is 1.50 bits per heavy atom. The Labute approximate surface area is 114 Å². The molecule has 0 amide bonds. The highest BCUT2D eigenvalue weighted by atomic mass is 32.1. The van der Waals surface area contributed by atoms with Gasteiger partial charge in [0, 0.05) is 30.1 Å². The van der Waals surface area contributed by atoms with E-state index in [0.717, 1.165) is 39.1 Å². The molecule has 0 aromatic carbocycles. The molecule has 0 bridgehead atoms. The quantitative estimate of drug-likeness (QED) is 0.825. The van der Waals surface area contributed by atoms with Crippen molar-refractivity contribution in [1.29, 1.82) is 0 Å². The van der Waals surface area contributed by atoms with Crippen LogP contribution in [0.1, 0.15) is 31.6 Å². The Kier molecular flexibility index (Phi) is 4.78. The van der Waals surface area contributed by atoms with Gasteiger partial charge in [-0.3, -0.25) is 4.90 Å². The van der Waals surface area contributed by atoms with E-state index in [1.54, 1.807) is 0 Å². The standard InChI is InChI=1S/C14H24N2OS/c1-3-16(10-13-6-5-7-18-13)14(11-15)8-12(9-14)17-4-2/h5-7,12H,3-4,8-11,15H2,1-2H3. The Morgan fingerprint density at radius 2 is 2.28 bits per heavy atom. The molecule has 1 aliphatic rings. The molecule has 3 nitrogen and oxygen atoms in total. The third kappa shape index (κ3) is 2.77. The average Bonchev–Trinajstić information content (AvgIpc) is 2.83. The largest absolute Gasteiger partial charge is 0.378 e. The van der Waals surface area contributed by atoms with Crippen LogP contribution in [0.25, 0.3) is 0 Å². The summed E-state index contributed by atoms with van der Waals surface area (Å²) in [4.78, 5) is 3.94. The molecule has 1 heterocycles. The van der Waals surface area contributed by atoms with Crippen LogP contribution < -0.4 is 5.73 Å². The Morgan fingerprint density at radius 3 is 2.78 bits per heavy atom. The monoisotopic (exact) mass is 268 g/mol. The predicted octanol–water partition coefficient (Wildman–Crippen LogP) is 2.47. The normalized spacial score (nSPS) is 27.4. The highest BCUT2D eigenvalue weighted by Gasteiger charge is 2.47. The van der Waals surface area contributed by atoms with Gasteiger partial charge in [0.1, 0.15) is 0 Å². The molecule has 1 fully saturated rings. The molecule has 0 saturated heterocycles. The molecule has 18 heavy (non-hydrogen) atoms. The van der Waals surface area contributed by atoms with Crippen LogP contribution in [0.2, 0.25) is 0 Å². The molecule has 0 radical (unpaired) electrons. The molecule has 1 aromatic rings. The molecule has 2 rings (SSSR count). The van der Waals surface area contributed by atoms with Crippen LogP contribution in [0.3, 0.4) is 0 Å². The van der Waals surface area contributed by atoms with E-state index in [-0.39, 0.29) is 5.54 Å². The van der Waals surface area contributed by atoms with E-state index in [0.29, 0.717) is 6.10 Å². The second-order valence-electron chi connectivity index (χ2n) is 5.01. The van der Waals surface area contributed by atoms with Gasteiger partial charge in [0.05, 0.1) is 6.10 Å². The molecule has 0 spiro atoms. The zero-order valence-corrected chi connectivity index (χ0v) is 12.2. The topological polar surface area (TPSA) is 38.5 Å². The van der Waals surface area contributed by atoms with Gasteiger partial charge < -0.3 is 10.5 Å². The summed E-state index contributed by atoms with van der Waals surface area (Å²) in [6.45, 7) is 7.89. The van der Waals surface area contributed by atoms with Crippen molar-refractivity contribution in [2.45, 2.75) is 44.9 Å². The fourth-order valence-electron chi connectivity index (χ4n) is 2.90. The van der Waals surface area contributed by atoms with Crippen molar-refractivity contribution in [3.8, 4) is 0 Å². The second kappa shape index (κ2) is 6.15. The first-order valence-electron chi connectivity index (χ1n) is 6.83. The van der Waals surface area contributed by atoms with Crippen LogP contribution >= 0.6 is 11.3 Å². The van der Waals surface area contributed by atoms with E-state index in [4.69, 9.17) is 10.5 Å². The summed E-state index contributed by atoms with van der Waals surface area (Å²) in [7, 11) is 0. The lowest BCUT2D eigenvalue weighted by atomic mass is 9.72. The number of rotatable bonds is 7. The molecule has 1 aromatic heterocycles. The lowest BCUT2D eigenvalue weighted by Gasteiger charge is -2.53. The van der Waals surface area contributed by atoms with Crippen LogP contribution in [0, 0.1) is 0 Å². The van der Waals surface area contributed by atoms with Gasteiger partial charge in [0.2, 0.25) is 0 Å². The number of hydrogen-bond donors (Lipinski definition) is 1. The lowest BCUT2D eigenvalue weighted by Crippen LogP contribution is -2.63. The Hall–Kier alpha value is -0.420. The van der Waals surface area contributed by atoms with Crippen molar-refractivity contribution in [3.05, 3.63) is 22.4 Å². The zero-order chi connectivity index (χ0) is 13.0. The first kappa shape index (κ1) is 14.0. The minimum atomic E-state index is 0.165. The molecule has 0 unspecified atom stereocenters. The number of likely N-dealkylation sites (N-methyl/N-ethyl adjacent to an activating group) is 1. The zero-order valence-electron chi connectivity index (χ0n) is 11.4. The van der Waals surface area contributed by atoms with Gasteiger partial charge in [-0.05, 0) is 37.8 Å². The third-order valence-electron chi connectivity index (χ3n) is 3.98. The van der Waals surface area contributed by atoms with Crippen LogP contribution in [0.4, 0.5) is 0 Å². The maximum atomic E-state index is 6.04. The molecule has 4 heteroatoms. The van der Waals surface area contributed by atoms with E-state index in [9.17, 15) is 0 Å². The summed E-state index contributed by atoms with van der Waals surface area (Å²) in [5.41, 5.74) is 6.20. The van der Waals surface area contributed by atoms with Gasteiger partial charge in [-0.1, -0.05) is 13.0 Å². The highest BCUT2D eigenvalue weighted by molar-refractivity contribution is 7.09. The molecule has 102 valence electrons. The summed E-state index contributed by atoms with van der Waals surface area (Å²) in [5.74, 6) is 0. The van der Waals surface area contributed by atoms with Crippen LogP contribution in [-0.4, -0.2) is 36.2 Å². The van der Waals surface area contributed by atoms with Gasteiger partial charge in [-0.2, -0.15) is 0 Å². The minimum Gasteiger partial charge on any atom is -0.378 e. The van der Waals surface area contributed by atoms with Crippen molar-refractivity contribution < 1.29 is 4.74 Å². The maximum absolute atomic E-state index is 6.04. The van der Waals surface area contributed by atoms with Crippen molar-refractivity contribution in [3.63, 3.8) is 0 Å². The van der Waals surface area contributed by atoms with Crippen molar-refractivity contribution in [1.82, 2.24) is 4.90 Å². The summed E-state index contributed by atoms with van der Waals surface area (Å²) in [6, 6.07) is 4.32.